The van der Waals surface area contributed by atoms with Gasteiger partial charge in [-0.3, -0.25) is 0 Å². The summed E-state index contributed by atoms with van der Waals surface area (Å²) in [6.07, 6.45) is 8.77. The van der Waals surface area contributed by atoms with E-state index in [4.69, 9.17) is 11.6 Å². The zero-order valence-electron chi connectivity index (χ0n) is 8.41. The molecule has 1 aromatic rings. The van der Waals surface area contributed by atoms with E-state index in [-0.39, 0.29) is 0 Å². The maximum atomic E-state index is 6.02. The van der Waals surface area contributed by atoms with E-state index < -0.39 is 0 Å². The summed E-state index contributed by atoms with van der Waals surface area (Å²) in [6, 6.07) is 1.01. The minimum Gasteiger partial charge on any atom is -0.317 e. The number of nitrogens with one attached hydrogen (secondary N) is 1. The van der Waals surface area contributed by atoms with Crippen molar-refractivity contribution in [1.29, 1.82) is 0 Å². The molecule has 0 radical (unpaired) electrons. The average Bonchev–Trinajstić information content (AvgIpc) is 2.64. The van der Waals surface area contributed by atoms with E-state index in [1.54, 1.807) is 6.20 Å². The number of hydrogen-bond acceptors (Lipinski definition) is 2. The second kappa shape index (κ2) is 4.32. The number of aromatic nitrogens is 2. The molecule has 78 valence electrons. The van der Waals surface area contributed by atoms with Crippen LogP contribution in [0.1, 0.15) is 31.7 Å². The lowest BCUT2D eigenvalue weighted by atomic mass is 9.90. The summed E-state index contributed by atoms with van der Waals surface area (Å²) in [5.41, 5.74) is 0. The Kier molecular flexibility index (Phi) is 3.08. The largest absolute Gasteiger partial charge is 0.317 e. The molecule has 1 fully saturated rings. The molecule has 0 saturated heterocycles. The highest BCUT2D eigenvalue weighted by Crippen LogP contribution is 2.30. The van der Waals surface area contributed by atoms with Crippen molar-refractivity contribution in [3.8, 4) is 0 Å². The van der Waals surface area contributed by atoms with Gasteiger partial charge in [-0.2, -0.15) is 0 Å². The third-order valence-electron chi connectivity index (χ3n) is 3.08. The van der Waals surface area contributed by atoms with E-state index in [0.717, 1.165) is 0 Å². The Morgan fingerprint density at radius 2 is 2.29 bits per heavy atom. The number of imidazole rings is 1. The summed E-state index contributed by atoms with van der Waals surface area (Å²) >= 11 is 6.02. The van der Waals surface area contributed by atoms with Gasteiger partial charge in [0.15, 0.2) is 0 Å². The Morgan fingerprint density at radius 3 is 2.93 bits per heavy atom. The van der Waals surface area contributed by atoms with Crippen LogP contribution < -0.4 is 5.32 Å². The van der Waals surface area contributed by atoms with Crippen molar-refractivity contribution in [3.63, 3.8) is 0 Å². The van der Waals surface area contributed by atoms with Crippen molar-refractivity contribution in [1.82, 2.24) is 14.9 Å². The van der Waals surface area contributed by atoms with Crippen molar-refractivity contribution < 1.29 is 0 Å². The first-order chi connectivity index (χ1) is 6.83. The van der Waals surface area contributed by atoms with Crippen molar-refractivity contribution in [3.05, 3.63) is 17.7 Å². The van der Waals surface area contributed by atoms with Gasteiger partial charge in [0.1, 0.15) is 0 Å². The van der Waals surface area contributed by atoms with Gasteiger partial charge in [-0.05, 0) is 31.5 Å². The van der Waals surface area contributed by atoms with Crippen LogP contribution in [0.25, 0.3) is 0 Å². The Hall–Kier alpha value is -0.540. The first kappa shape index (κ1) is 9.99. The van der Waals surface area contributed by atoms with E-state index in [9.17, 15) is 0 Å². The fourth-order valence-electron chi connectivity index (χ4n) is 2.32. The molecule has 0 aromatic carbocycles. The smallest absolute Gasteiger partial charge is 0.202 e. The molecule has 3 nitrogen and oxygen atoms in total. The van der Waals surface area contributed by atoms with Gasteiger partial charge in [0, 0.05) is 18.4 Å². The van der Waals surface area contributed by atoms with Crippen LogP contribution in [0.3, 0.4) is 0 Å². The lowest BCUT2D eigenvalue weighted by Crippen LogP contribution is -2.37. The van der Waals surface area contributed by atoms with Crippen LogP contribution in [-0.2, 0) is 0 Å². The van der Waals surface area contributed by atoms with Gasteiger partial charge < -0.3 is 9.88 Å². The molecule has 1 aromatic heterocycles. The molecular weight excluding hydrogens is 198 g/mol. The van der Waals surface area contributed by atoms with Crippen molar-refractivity contribution in [2.45, 2.75) is 37.8 Å². The summed E-state index contributed by atoms with van der Waals surface area (Å²) in [4.78, 5) is 4.06. The average molecular weight is 214 g/mol. The fourth-order valence-corrected chi connectivity index (χ4v) is 2.56. The third-order valence-corrected chi connectivity index (χ3v) is 3.37. The van der Waals surface area contributed by atoms with Gasteiger partial charge in [-0.15, -0.1) is 0 Å². The van der Waals surface area contributed by atoms with Crippen molar-refractivity contribution >= 4 is 11.6 Å². The van der Waals surface area contributed by atoms with E-state index in [0.29, 0.717) is 17.4 Å². The molecule has 1 aliphatic carbocycles. The predicted octanol–water partition coefficient (Wildman–Crippen LogP) is 2.24. The zero-order chi connectivity index (χ0) is 9.97. The first-order valence-corrected chi connectivity index (χ1v) is 5.56. The minimum atomic E-state index is 0.476. The fraction of sp³-hybridized carbons (Fsp3) is 0.700. The van der Waals surface area contributed by atoms with Gasteiger partial charge >= 0.3 is 0 Å². The van der Waals surface area contributed by atoms with Crippen LogP contribution in [0.4, 0.5) is 0 Å². The van der Waals surface area contributed by atoms with Gasteiger partial charge in [0.05, 0.1) is 6.04 Å². The highest BCUT2D eigenvalue weighted by atomic mass is 35.5. The first-order valence-electron chi connectivity index (χ1n) is 5.18. The standard InChI is InChI=1S/C10H16ClN3/c1-12-8-4-2-3-5-9(8)14-7-6-13-10(14)11/h6-9,12H,2-5H2,1H3. The lowest BCUT2D eigenvalue weighted by molar-refractivity contribution is 0.274. The Labute approximate surface area is 89.5 Å². The Bertz CT molecular complexity index is 297. The normalized spacial score (nSPS) is 27.9. The molecule has 1 saturated carbocycles. The Morgan fingerprint density at radius 1 is 1.50 bits per heavy atom. The zero-order valence-corrected chi connectivity index (χ0v) is 9.17. The Balaban J connectivity index is 2.19. The highest BCUT2D eigenvalue weighted by molar-refractivity contribution is 6.28. The van der Waals surface area contributed by atoms with Crippen LogP contribution in [0.5, 0.6) is 0 Å². The molecule has 0 aliphatic heterocycles. The SMILES string of the molecule is CNC1CCCCC1n1ccnc1Cl. The molecule has 1 heterocycles. The molecule has 0 bridgehead atoms. The molecule has 0 amide bonds. The molecule has 14 heavy (non-hydrogen) atoms. The van der Waals surface area contributed by atoms with Crippen LogP contribution in [-0.4, -0.2) is 22.6 Å². The van der Waals surface area contributed by atoms with Crippen LogP contribution in [0.15, 0.2) is 12.4 Å². The number of hydrogen-bond donors (Lipinski definition) is 1. The van der Waals surface area contributed by atoms with E-state index >= 15 is 0 Å². The second-order valence-electron chi connectivity index (χ2n) is 3.85. The number of rotatable bonds is 2. The summed E-state index contributed by atoms with van der Waals surface area (Å²) in [6.45, 7) is 0. The van der Waals surface area contributed by atoms with E-state index in [1.165, 1.54) is 25.7 Å². The minimum absolute atomic E-state index is 0.476. The molecule has 2 atom stereocenters. The van der Waals surface area contributed by atoms with Gasteiger partial charge in [0.25, 0.3) is 0 Å². The molecular formula is C10H16ClN3. The van der Waals surface area contributed by atoms with E-state index in [1.807, 2.05) is 13.2 Å². The number of nitrogens with zero attached hydrogens (tertiary/aromatic N) is 2. The summed E-state index contributed by atoms with van der Waals surface area (Å²) in [7, 11) is 2.02. The molecule has 2 rings (SSSR count). The van der Waals surface area contributed by atoms with Crippen LogP contribution in [0.2, 0.25) is 5.28 Å². The van der Waals surface area contributed by atoms with Crippen molar-refractivity contribution in [2.24, 2.45) is 0 Å². The second-order valence-corrected chi connectivity index (χ2v) is 4.19. The summed E-state index contributed by atoms with van der Waals surface area (Å²) in [5.74, 6) is 0. The molecule has 0 spiro atoms. The molecule has 4 heteroatoms. The maximum Gasteiger partial charge on any atom is 0.202 e. The van der Waals surface area contributed by atoms with Crippen LogP contribution >= 0.6 is 11.6 Å². The molecule has 1 N–H and O–H groups in total. The molecule has 2 unspecified atom stereocenters. The van der Waals surface area contributed by atoms with Gasteiger partial charge in [-0.1, -0.05) is 12.8 Å². The van der Waals surface area contributed by atoms with Gasteiger partial charge in [-0.25, -0.2) is 4.98 Å². The quantitative estimate of drug-likeness (QED) is 0.817. The summed E-state index contributed by atoms with van der Waals surface area (Å²) in [5, 5.41) is 3.97. The van der Waals surface area contributed by atoms with Crippen LogP contribution in [0, 0.1) is 0 Å². The lowest BCUT2D eigenvalue weighted by Gasteiger charge is -2.32. The van der Waals surface area contributed by atoms with E-state index in [2.05, 4.69) is 14.9 Å². The predicted molar refractivity (Wildman–Crippen MR) is 57.6 cm³/mol. The maximum absolute atomic E-state index is 6.02. The monoisotopic (exact) mass is 213 g/mol. The topological polar surface area (TPSA) is 29.9 Å². The van der Waals surface area contributed by atoms with Gasteiger partial charge in [0.2, 0.25) is 5.28 Å². The molecule has 1 aliphatic rings. The van der Waals surface area contributed by atoms with Crippen molar-refractivity contribution in [2.75, 3.05) is 7.05 Å². The number of likely N-dealkylation sites (N-methyl/N-ethyl adjacent to an activating group) is 1. The number of halogens is 1. The highest BCUT2D eigenvalue weighted by Gasteiger charge is 2.25. The third kappa shape index (κ3) is 1.79. The summed E-state index contributed by atoms with van der Waals surface area (Å²) < 4.78 is 2.09.